The lowest BCUT2D eigenvalue weighted by atomic mass is 9.78. The van der Waals surface area contributed by atoms with Gasteiger partial charge in [-0.25, -0.2) is 4.98 Å². The number of rotatable bonds is 6. The third kappa shape index (κ3) is 3.24. The molecule has 4 nitrogen and oxygen atoms in total. The highest BCUT2D eigenvalue weighted by Crippen LogP contribution is 2.34. The summed E-state index contributed by atoms with van der Waals surface area (Å²) in [6.45, 7) is 0.918. The van der Waals surface area contributed by atoms with Crippen LogP contribution in [0.3, 0.4) is 0 Å². The van der Waals surface area contributed by atoms with Crippen molar-refractivity contribution < 1.29 is 9.53 Å². The van der Waals surface area contributed by atoms with Gasteiger partial charge in [0, 0.05) is 24.3 Å². The molecule has 3 rings (SSSR count). The van der Waals surface area contributed by atoms with E-state index in [1.54, 1.807) is 11.3 Å². The molecule has 0 radical (unpaired) electrons. The summed E-state index contributed by atoms with van der Waals surface area (Å²) in [4.78, 5) is 15.6. The zero-order valence-corrected chi connectivity index (χ0v) is 12.8. The highest BCUT2D eigenvalue weighted by Gasteiger charge is 2.25. The molecule has 110 valence electrons. The standard InChI is InChI=1S/C16H18N2O2S/c1-20-15(19)7-6-13-10-21-16(18-13)17-9-12-8-11-4-2-3-5-14(11)12/h2-5,10,12H,6-9H2,1H3,(H,17,18). The average Bonchev–Trinajstić information content (AvgIpc) is 2.93. The van der Waals surface area contributed by atoms with Gasteiger partial charge in [-0.05, 0) is 17.5 Å². The summed E-state index contributed by atoms with van der Waals surface area (Å²) in [5, 5.41) is 6.33. The molecule has 21 heavy (non-hydrogen) atoms. The molecule has 1 aliphatic carbocycles. The number of thiazole rings is 1. The topological polar surface area (TPSA) is 51.2 Å². The number of anilines is 1. The third-order valence-corrected chi connectivity index (χ3v) is 4.67. The fourth-order valence-corrected chi connectivity index (χ4v) is 3.35. The number of aryl methyl sites for hydroxylation is 1. The van der Waals surface area contributed by atoms with Crippen molar-refractivity contribution in [3.05, 3.63) is 46.5 Å². The van der Waals surface area contributed by atoms with Crippen LogP contribution in [0.5, 0.6) is 0 Å². The predicted octanol–water partition coefficient (Wildman–Crippen LogP) is 3.00. The number of carbonyl (C=O) groups excluding carboxylic acids is 1. The van der Waals surface area contributed by atoms with Crippen LogP contribution in [0.1, 0.15) is 29.2 Å². The van der Waals surface area contributed by atoms with Crippen LogP contribution in [0.25, 0.3) is 0 Å². The number of hydrogen-bond donors (Lipinski definition) is 1. The van der Waals surface area contributed by atoms with Crippen LogP contribution in [0.2, 0.25) is 0 Å². The Kier molecular flexibility index (Phi) is 4.20. The van der Waals surface area contributed by atoms with Crippen molar-refractivity contribution in [2.75, 3.05) is 19.0 Å². The summed E-state index contributed by atoms with van der Waals surface area (Å²) < 4.78 is 4.63. The maximum atomic E-state index is 11.1. The number of nitrogens with zero attached hydrogens (tertiary/aromatic N) is 1. The van der Waals surface area contributed by atoms with Gasteiger partial charge < -0.3 is 10.1 Å². The van der Waals surface area contributed by atoms with Crippen LogP contribution < -0.4 is 5.32 Å². The van der Waals surface area contributed by atoms with Crippen LogP contribution >= 0.6 is 11.3 Å². The fraction of sp³-hybridized carbons (Fsp3) is 0.375. The summed E-state index contributed by atoms with van der Waals surface area (Å²) in [7, 11) is 1.41. The van der Waals surface area contributed by atoms with Crippen molar-refractivity contribution in [3.8, 4) is 0 Å². The van der Waals surface area contributed by atoms with Crippen LogP contribution in [-0.4, -0.2) is 24.6 Å². The molecule has 1 aliphatic rings. The molecule has 0 amide bonds. The van der Waals surface area contributed by atoms with Crippen molar-refractivity contribution >= 4 is 22.4 Å². The Hall–Kier alpha value is -1.88. The molecule has 0 saturated heterocycles. The van der Waals surface area contributed by atoms with Crippen molar-refractivity contribution in [2.24, 2.45) is 0 Å². The molecule has 0 bridgehead atoms. The number of benzene rings is 1. The largest absolute Gasteiger partial charge is 0.469 e. The summed E-state index contributed by atoms with van der Waals surface area (Å²) in [5.41, 5.74) is 3.86. The van der Waals surface area contributed by atoms with Gasteiger partial charge in [-0.15, -0.1) is 11.3 Å². The van der Waals surface area contributed by atoms with E-state index < -0.39 is 0 Å². The third-order valence-electron chi connectivity index (χ3n) is 3.83. The Bertz CT molecular complexity index is 639. The molecule has 1 unspecified atom stereocenters. The first-order chi connectivity index (χ1) is 10.3. The number of ether oxygens (including phenoxy) is 1. The zero-order valence-electron chi connectivity index (χ0n) is 12.0. The van der Waals surface area contributed by atoms with Crippen molar-refractivity contribution in [1.29, 1.82) is 0 Å². The number of nitrogens with one attached hydrogen (secondary N) is 1. The van der Waals surface area contributed by atoms with Gasteiger partial charge in [0.05, 0.1) is 19.2 Å². The molecule has 0 fully saturated rings. The van der Waals surface area contributed by atoms with Crippen molar-refractivity contribution in [1.82, 2.24) is 4.98 Å². The second-order valence-electron chi connectivity index (χ2n) is 5.20. The molecule has 0 aliphatic heterocycles. The van der Waals surface area contributed by atoms with Gasteiger partial charge in [-0.2, -0.15) is 0 Å². The first-order valence-electron chi connectivity index (χ1n) is 7.09. The predicted molar refractivity (Wildman–Crippen MR) is 83.8 cm³/mol. The van der Waals surface area contributed by atoms with Crippen molar-refractivity contribution in [2.45, 2.75) is 25.2 Å². The lowest BCUT2D eigenvalue weighted by molar-refractivity contribution is -0.140. The monoisotopic (exact) mass is 302 g/mol. The normalized spacial score (nSPS) is 16.0. The summed E-state index contributed by atoms with van der Waals surface area (Å²) in [5.74, 6) is 0.396. The van der Waals surface area contributed by atoms with E-state index >= 15 is 0 Å². The van der Waals surface area contributed by atoms with Gasteiger partial charge in [0.25, 0.3) is 0 Å². The van der Waals surface area contributed by atoms with E-state index in [2.05, 4.69) is 39.3 Å². The second-order valence-corrected chi connectivity index (χ2v) is 6.06. The van der Waals surface area contributed by atoms with E-state index in [4.69, 9.17) is 0 Å². The molecular formula is C16H18N2O2S. The van der Waals surface area contributed by atoms with E-state index in [1.807, 2.05) is 5.38 Å². The lowest BCUT2D eigenvalue weighted by Gasteiger charge is -2.30. The Morgan fingerprint density at radius 3 is 3.14 bits per heavy atom. The van der Waals surface area contributed by atoms with Crippen LogP contribution in [0, 0.1) is 0 Å². The number of fused-ring (bicyclic) bond motifs is 1. The number of carbonyl (C=O) groups is 1. The number of hydrogen-bond acceptors (Lipinski definition) is 5. The van der Waals surface area contributed by atoms with Gasteiger partial charge in [0.15, 0.2) is 5.13 Å². The molecular weight excluding hydrogens is 284 g/mol. The minimum Gasteiger partial charge on any atom is -0.469 e. The van der Waals surface area contributed by atoms with E-state index in [0.717, 1.165) is 23.8 Å². The van der Waals surface area contributed by atoms with Gasteiger partial charge >= 0.3 is 5.97 Å². The fourth-order valence-electron chi connectivity index (χ4n) is 2.59. The second kappa shape index (κ2) is 6.26. The smallest absolute Gasteiger partial charge is 0.305 e. The van der Waals surface area contributed by atoms with Crippen LogP contribution in [0.15, 0.2) is 29.6 Å². The summed E-state index contributed by atoms with van der Waals surface area (Å²) in [6, 6.07) is 8.59. The van der Waals surface area contributed by atoms with Crippen molar-refractivity contribution in [3.63, 3.8) is 0 Å². The van der Waals surface area contributed by atoms with E-state index in [1.165, 1.54) is 18.2 Å². The Morgan fingerprint density at radius 1 is 1.48 bits per heavy atom. The summed E-state index contributed by atoms with van der Waals surface area (Å²) in [6.07, 6.45) is 2.16. The van der Waals surface area contributed by atoms with Crippen LogP contribution in [0.4, 0.5) is 5.13 Å². The maximum absolute atomic E-state index is 11.1. The quantitative estimate of drug-likeness (QED) is 0.833. The number of methoxy groups -OCH3 is 1. The first kappa shape index (κ1) is 14.1. The van der Waals surface area contributed by atoms with Gasteiger partial charge in [0.2, 0.25) is 0 Å². The highest BCUT2D eigenvalue weighted by molar-refractivity contribution is 7.13. The number of esters is 1. The number of aromatic nitrogens is 1. The minimum atomic E-state index is -0.191. The van der Waals surface area contributed by atoms with Crippen LogP contribution in [-0.2, 0) is 22.4 Å². The molecule has 1 aromatic heterocycles. The van der Waals surface area contributed by atoms with E-state index in [0.29, 0.717) is 18.8 Å². The molecule has 0 spiro atoms. The highest BCUT2D eigenvalue weighted by atomic mass is 32.1. The SMILES string of the molecule is COC(=O)CCc1csc(NCC2Cc3ccccc32)n1. The summed E-state index contributed by atoms with van der Waals surface area (Å²) >= 11 is 1.59. The molecule has 1 N–H and O–H groups in total. The Balaban J connectivity index is 1.49. The van der Waals surface area contributed by atoms with Gasteiger partial charge in [-0.1, -0.05) is 24.3 Å². The molecule has 1 aromatic carbocycles. The van der Waals surface area contributed by atoms with E-state index in [-0.39, 0.29) is 5.97 Å². The zero-order chi connectivity index (χ0) is 14.7. The molecule has 1 atom stereocenters. The lowest BCUT2D eigenvalue weighted by Crippen LogP contribution is -2.24. The molecule has 5 heteroatoms. The van der Waals surface area contributed by atoms with E-state index in [9.17, 15) is 4.79 Å². The van der Waals surface area contributed by atoms with Gasteiger partial charge in [0.1, 0.15) is 0 Å². The molecule has 0 saturated carbocycles. The first-order valence-corrected chi connectivity index (χ1v) is 7.97. The maximum Gasteiger partial charge on any atom is 0.305 e. The molecule has 1 heterocycles. The Morgan fingerprint density at radius 2 is 2.33 bits per heavy atom. The van der Waals surface area contributed by atoms with Gasteiger partial charge in [-0.3, -0.25) is 4.79 Å². The Labute approximate surface area is 128 Å². The molecule has 2 aromatic rings. The average molecular weight is 302 g/mol. The minimum absolute atomic E-state index is 0.191.